The van der Waals surface area contributed by atoms with Gasteiger partial charge in [0.25, 0.3) is 0 Å². The second-order valence-electron chi connectivity index (χ2n) is 3.02. The van der Waals surface area contributed by atoms with Crippen LogP contribution in [0.1, 0.15) is 13.8 Å². The molecule has 0 aliphatic heterocycles. The first kappa shape index (κ1) is 21.0. The van der Waals surface area contributed by atoms with Gasteiger partial charge in [0.15, 0.2) is 0 Å². The van der Waals surface area contributed by atoms with E-state index in [4.69, 9.17) is 5.11 Å². The van der Waals surface area contributed by atoms with Crippen molar-refractivity contribution < 1.29 is 39.2 Å². The number of hydrogen-bond acceptors (Lipinski definition) is 1. The molecule has 0 saturated heterocycles. The summed E-state index contributed by atoms with van der Waals surface area (Å²) < 4.78 is 0. The summed E-state index contributed by atoms with van der Waals surface area (Å²) in [4.78, 5) is 0. The molecule has 0 atom stereocenters. The molecule has 0 spiro atoms. The molecule has 1 nitrogen and oxygen atoms in total. The molecule has 0 aliphatic rings. The van der Waals surface area contributed by atoms with Crippen LogP contribution in [-0.2, 0) is 21.7 Å². The molecule has 2 aromatic rings. The van der Waals surface area contributed by atoms with Crippen LogP contribution in [0, 0.1) is 0 Å². The van der Waals surface area contributed by atoms with Gasteiger partial charge in [0.1, 0.15) is 0 Å². The smallest absolute Gasteiger partial charge is 1.00 e. The van der Waals surface area contributed by atoms with Crippen molar-refractivity contribution in [1.82, 2.24) is 0 Å². The zero-order valence-corrected chi connectivity index (χ0v) is 12.0. The molecule has 2 rings (SSSR count). The van der Waals surface area contributed by atoms with Crippen molar-refractivity contribution in [1.29, 1.82) is 0 Å². The van der Waals surface area contributed by atoms with Gasteiger partial charge >= 0.3 is 21.7 Å². The van der Waals surface area contributed by atoms with Crippen LogP contribution in [0.5, 0.6) is 0 Å². The maximum atomic E-state index is 8.06. The van der Waals surface area contributed by atoms with Crippen molar-refractivity contribution >= 4 is 0 Å². The van der Waals surface area contributed by atoms with Crippen molar-refractivity contribution in [2.45, 2.75) is 20.0 Å². The molecular formula is C13H18ClOTi. The van der Waals surface area contributed by atoms with Gasteiger partial charge in [0.2, 0.25) is 0 Å². The minimum atomic E-state index is -0.167. The van der Waals surface area contributed by atoms with E-state index in [0.29, 0.717) is 0 Å². The van der Waals surface area contributed by atoms with E-state index in [2.05, 4.69) is 0 Å². The van der Waals surface area contributed by atoms with E-state index >= 15 is 0 Å². The average molecular weight is 274 g/mol. The van der Waals surface area contributed by atoms with E-state index in [0.717, 1.165) is 0 Å². The molecule has 0 unspecified atom stereocenters. The third kappa shape index (κ3) is 23.5. The van der Waals surface area contributed by atoms with Crippen molar-refractivity contribution in [2.24, 2.45) is 0 Å². The summed E-state index contributed by atoms with van der Waals surface area (Å²) in [6.45, 7) is 3.44. The van der Waals surface area contributed by atoms with Crippen LogP contribution in [0.4, 0.5) is 0 Å². The summed E-state index contributed by atoms with van der Waals surface area (Å²) >= 11 is 0. The first-order valence-electron chi connectivity index (χ1n) is 4.75. The van der Waals surface area contributed by atoms with E-state index in [1.165, 1.54) is 0 Å². The Bertz CT molecular complexity index is 188. The maximum absolute atomic E-state index is 8.06. The normalized spacial score (nSPS) is 7.25. The zero-order chi connectivity index (χ0) is 10.6. The zero-order valence-electron chi connectivity index (χ0n) is 9.68. The average Bonchev–Trinajstić information content (AvgIpc) is 2.83. The van der Waals surface area contributed by atoms with Gasteiger partial charge in [-0.3, -0.25) is 0 Å². The molecular weight excluding hydrogens is 255 g/mol. The van der Waals surface area contributed by atoms with Gasteiger partial charge in [-0.25, -0.2) is 24.3 Å². The Labute approximate surface area is 120 Å². The Hall–Kier alpha value is -0.336. The Morgan fingerprint density at radius 3 is 1.06 bits per heavy atom. The number of aliphatic hydroxyl groups excluding tert-OH is 1. The summed E-state index contributed by atoms with van der Waals surface area (Å²) in [5.74, 6) is 0. The standard InChI is InChI=1S/2C5H5.C3H8O.ClH.Ti/c2*1-2-4-5-3-1;1-3(2)4;;/h2*1-5H;3-4H,1-2H3;1H;/q2*-1;;;+3/p-1. The number of rotatable bonds is 0. The maximum Gasteiger partial charge on any atom is 3.00 e. The molecule has 87 valence electrons. The van der Waals surface area contributed by atoms with Gasteiger partial charge in [0, 0.05) is 6.10 Å². The third-order valence-electron chi connectivity index (χ3n) is 1.11. The Kier molecular flexibility index (Phi) is 22.4. The number of aliphatic hydroxyl groups is 1. The van der Waals surface area contributed by atoms with Gasteiger partial charge in [-0.2, -0.15) is 36.4 Å². The Morgan fingerprint density at radius 1 is 0.812 bits per heavy atom. The predicted molar refractivity (Wildman–Crippen MR) is 61.4 cm³/mol. The van der Waals surface area contributed by atoms with E-state index in [9.17, 15) is 0 Å². The molecule has 1 radical (unpaired) electrons. The summed E-state index contributed by atoms with van der Waals surface area (Å²) in [5, 5.41) is 8.06. The molecule has 16 heavy (non-hydrogen) atoms. The molecule has 0 bridgehead atoms. The predicted octanol–water partition coefficient (Wildman–Crippen LogP) is 0.200. The van der Waals surface area contributed by atoms with Crippen molar-refractivity contribution in [3.8, 4) is 0 Å². The summed E-state index contributed by atoms with van der Waals surface area (Å²) in [6, 6.07) is 20.0. The van der Waals surface area contributed by atoms with Crippen LogP contribution >= 0.6 is 0 Å². The SMILES string of the molecule is CC(C)O.[Cl-].[Ti+3].c1cc[cH-]c1.c1cc[cH-]c1. The number of hydrogen-bond donors (Lipinski definition) is 1. The fraction of sp³-hybridized carbons (Fsp3) is 0.231. The summed E-state index contributed by atoms with van der Waals surface area (Å²) in [7, 11) is 0. The second kappa shape index (κ2) is 17.1. The van der Waals surface area contributed by atoms with E-state index in [-0.39, 0.29) is 40.2 Å². The van der Waals surface area contributed by atoms with Gasteiger partial charge in [-0.15, -0.1) is 0 Å². The summed E-state index contributed by atoms with van der Waals surface area (Å²) in [6.07, 6.45) is -0.167. The molecule has 0 amide bonds. The van der Waals surface area contributed by atoms with Crippen LogP contribution in [0.2, 0.25) is 0 Å². The van der Waals surface area contributed by atoms with Gasteiger partial charge in [0.05, 0.1) is 0 Å². The van der Waals surface area contributed by atoms with Crippen LogP contribution in [0.25, 0.3) is 0 Å². The fourth-order valence-electron chi connectivity index (χ4n) is 0.642. The van der Waals surface area contributed by atoms with E-state index in [1.807, 2.05) is 60.7 Å². The molecule has 0 aliphatic carbocycles. The molecule has 0 fully saturated rings. The quantitative estimate of drug-likeness (QED) is 0.537. The van der Waals surface area contributed by atoms with Gasteiger partial charge in [-0.05, 0) is 13.8 Å². The number of halogens is 1. The largest absolute Gasteiger partial charge is 3.00 e. The molecule has 0 heterocycles. The van der Waals surface area contributed by atoms with Crippen molar-refractivity contribution in [3.63, 3.8) is 0 Å². The third-order valence-corrected chi connectivity index (χ3v) is 1.11. The molecule has 0 saturated carbocycles. The molecule has 1 N–H and O–H groups in total. The first-order chi connectivity index (χ1) is 6.73. The second-order valence-corrected chi connectivity index (χ2v) is 3.02. The minimum absolute atomic E-state index is 0. The molecule has 3 heteroatoms. The first-order valence-corrected chi connectivity index (χ1v) is 4.75. The Morgan fingerprint density at radius 2 is 1.00 bits per heavy atom. The Balaban J connectivity index is -0.000000151. The monoisotopic (exact) mass is 273 g/mol. The van der Waals surface area contributed by atoms with Crippen molar-refractivity contribution in [3.05, 3.63) is 60.7 Å². The topological polar surface area (TPSA) is 20.2 Å². The van der Waals surface area contributed by atoms with Crippen LogP contribution < -0.4 is 12.4 Å². The van der Waals surface area contributed by atoms with E-state index < -0.39 is 0 Å². The summed E-state index contributed by atoms with van der Waals surface area (Å²) in [5.41, 5.74) is 0. The van der Waals surface area contributed by atoms with E-state index in [1.54, 1.807) is 13.8 Å². The molecule has 0 aromatic heterocycles. The van der Waals surface area contributed by atoms with Gasteiger partial charge in [-0.1, -0.05) is 0 Å². The van der Waals surface area contributed by atoms with Gasteiger partial charge < -0.3 is 17.5 Å². The van der Waals surface area contributed by atoms with Crippen LogP contribution in [0.15, 0.2) is 60.7 Å². The van der Waals surface area contributed by atoms with Crippen LogP contribution in [-0.4, -0.2) is 11.2 Å². The fourth-order valence-corrected chi connectivity index (χ4v) is 0.642. The van der Waals surface area contributed by atoms with Crippen molar-refractivity contribution in [2.75, 3.05) is 0 Å². The minimum Gasteiger partial charge on any atom is -1.00 e. The molecule has 2 aromatic carbocycles. The van der Waals surface area contributed by atoms with Crippen LogP contribution in [0.3, 0.4) is 0 Å².